The summed E-state index contributed by atoms with van der Waals surface area (Å²) in [6, 6.07) is 21.2. The minimum Gasteiger partial charge on any atom is -0.507 e. The van der Waals surface area contributed by atoms with Crippen molar-refractivity contribution in [1.82, 2.24) is 0 Å². The van der Waals surface area contributed by atoms with Crippen LogP contribution in [0.2, 0.25) is 0 Å². The van der Waals surface area contributed by atoms with Crippen LogP contribution in [0.1, 0.15) is 35.2 Å². The Labute approximate surface area is 187 Å². The molecule has 1 atom stereocenters. The van der Waals surface area contributed by atoms with Crippen molar-refractivity contribution in [1.29, 1.82) is 0 Å². The Bertz CT molecular complexity index is 1180. The maximum atomic E-state index is 13.2. The Balaban J connectivity index is 1.90. The van der Waals surface area contributed by atoms with Crippen LogP contribution in [0.4, 0.5) is 5.69 Å². The number of rotatable bonds is 5. The Hall–Kier alpha value is -3.86. The second-order valence-electron chi connectivity index (χ2n) is 7.88. The zero-order chi connectivity index (χ0) is 22.8. The molecule has 162 valence electrons. The lowest BCUT2D eigenvalue weighted by molar-refractivity contribution is -0.132. The average Bonchev–Trinajstić information content (AvgIpc) is 3.05. The summed E-state index contributed by atoms with van der Waals surface area (Å²) in [6.07, 6.45) is 0. The Morgan fingerprint density at radius 1 is 0.938 bits per heavy atom. The molecule has 1 fully saturated rings. The molecule has 0 bridgehead atoms. The lowest BCUT2D eigenvalue weighted by Crippen LogP contribution is -2.29. The summed E-state index contributed by atoms with van der Waals surface area (Å²) < 4.78 is 5.46. The summed E-state index contributed by atoms with van der Waals surface area (Å²) >= 11 is 0. The van der Waals surface area contributed by atoms with Gasteiger partial charge in [0.25, 0.3) is 11.7 Å². The fraction of sp³-hybridized carbons (Fsp3) is 0.185. The third-order valence-corrected chi connectivity index (χ3v) is 5.48. The summed E-state index contributed by atoms with van der Waals surface area (Å²) in [5, 5.41) is 11.2. The minimum absolute atomic E-state index is 0.0736. The number of hydrogen-bond acceptors (Lipinski definition) is 4. The van der Waals surface area contributed by atoms with Crippen molar-refractivity contribution in [3.8, 4) is 5.75 Å². The van der Waals surface area contributed by atoms with Gasteiger partial charge in [0.05, 0.1) is 18.2 Å². The average molecular weight is 428 g/mol. The van der Waals surface area contributed by atoms with E-state index in [4.69, 9.17) is 4.74 Å². The highest BCUT2D eigenvalue weighted by atomic mass is 16.5. The molecule has 0 spiro atoms. The number of aryl methyl sites for hydroxylation is 2. The van der Waals surface area contributed by atoms with E-state index in [-0.39, 0.29) is 11.3 Å². The molecule has 32 heavy (non-hydrogen) atoms. The largest absolute Gasteiger partial charge is 0.507 e. The molecule has 1 N–H and O–H groups in total. The van der Waals surface area contributed by atoms with Crippen LogP contribution in [-0.2, 0) is 9.59 Å². The molecule has 1 saturated heterocycles. The van der Waals surface area contributed by atoms with Crippen molar-refractivity contribution in [2.75, 3.05) is 11.5 Å². The molecule has 3 aromatic rings. The van der Waals surface area contributed by atoms with Crippen LogP contribution < -0.4 is 9.64 Å². The van der Waals surface area contributed by atoms with Crippen molar-refractivity contribution in [2.24, 2.45) is 0 Å². The van der Waals surface area contributed by atoms with Gasteiger partial charge >= 0.3 is 0 Å². The van der Waals surface area contributed by atoms with Crippen LogP contribution in [0, 0.1) is 13.8 Å². The normalized spacial score (nSPS) is 17.6. The third kappa shape index (κ3) is 3.89. The Kier molecular flexibility index (Phi) is 5.82. The van der Waals surface area contributed by atoms with Gasteiger partial charge in [-0.25, -0.2) is 0 Å². The first-order valence-electron chi connectivity index (χ1n) is 10.6. The van der Waals surface area contributed by atoms with Crippen molar-refractivity contribution in [2.45, 2.75) is 26.8 Å². The van der Waals surface area contributed by atoms with E-state index in [0.717, 1.165) is 16.7 Å². The number of anilines is 1. The summed E-state index contributed by atoms with van der Waals surface area (Å²) in [7, 11) is 0. The highest BCUT2D eigenvalue weighted by molar-refractivity contribution is 6.51. The molecule has 5 heteroatoms. The molecule has 1 unspecified atom stereocenters. The quantitative estimate of drug-likeness (QED) is 0.340. The van der Waals surface area contributed by atoms with Crippen LogP contribution in [0.15, 0.2) is 78.4 Å². The molecule has 0 saturated carbocycles. The maximum Gasteiger partial charge on any atom is 0.300 e. The number of benzene rings is 3. The maximum absolute atomic E-state index is 13.2. The lowest BCUT2D eigenvalue weighted by atomic mass is 9.95. The van der Waals surface area contributed by atoms with E-state index in [1.165, 1.54) is 4.90 Å². The van der Waals surface area contributed by atoms with Gasteiger partial charge in [-0.3, -0.25) is 14.5 Å². The summed E-state index contributed by atoms with van der Waals surface area (Å²) in [6.45, 7) is 6.32. The summed E-state index contributed by atoms with van der Waals surface area (Å²) in [4.78, 5) is 27.9. The van der Waals surface area contributed by atoms with Crippen molar-refractivity contribution >= 4 is 23.1 Å². The van der Waals surface area contributed by atoms with Crippen LogP contribution >= 0.6 is 0 Å². The number of nitrogens with zero attached hydrogens (tertiary/aromatic N) is 1. The number of ether oxygens (including phenoxy) is 1. The summed E-state index contributed by atoms with van der Waals surface area (Å²) in [5.74, 6) is -0.896. The molecular formula is C27H25NO4. The fourth-order valence-electron chi connectivity index (χ4n) is 4.17. The van der Waals surface area contributed by atoms with E-state index in [1.54, 1.807) is 24.3 Å². The highest BCUT2D eigenvalue weighted by Crippen LogP contribution is 2.42. The zero-order valence-corrected chi connectivity index (χ0v) is 18.3. The van der Waals surface area contributed by atoms with E-state index in [9.17, 15) is 14.7 Å². The van der Waals surface area contributed by atoms with Crippen molar-refractivity contribution < 1.29 is 19.4 Å². The van der Waals surface area contributed by atoms with Crippen LogP contribution in [0.25, 0.3) is 5.76 Å². The topological polar surface area (TPSA) is 66.8 Å². The number of aliphatic hydroxyl groups excluding tert-OH is 1. The first-order valence-corrected chi connectivity index (χ1v) is 10.6. The number of carbonyl (C=O) groups is 2. The predicted octanol–water partition coefficient (Wildman–Crippen LogP) is 5.33. The molecule has 3 aromatic carbocycles. The van der Waals surface area contributed by atoms with Crippen LogP contribution in [0.3, 0.4) is 0 Å². The van der Waals surface area contributed by atoms with Gasteiger partial charge in [0.2, 0.25) is 0 Å². The summed E-state index contributed by atoms with van der Waals surface area (Å²) in [5.41, 5.74) is 3.88. The van der Waals surface area contributed by atoms with E-state index in [0.29, 0.717) is 23.6 Å². The Morgan fingerprint density at radius 3 is 2.16 bits per heavy atom. The number of aliphatic hydroxyl groups is 1. The molecule has 4 rings (SSSR count). The molecule has 0 radical (unpaired) electrons. The molecule has 1 heterocycles. The van der Waals surface area contributed by atoms with E-state index >= 15 is 0 Å². The predicted molar refractivity (Wildman–Crippen MR) is 125 cm³/mol. The first kappa shape index (κ1) is 21.4. The highest BCUT2D eigenvalue weighted by Gasteiger charge is 2.47. The van der Waals surface area contributed by atoms with Crippen LogP contribution in [0.5, 0.6) is 5.75 Å². The van der Waals surface area contributed by atoms with Crippen molar-refractivity contribution in [3.63, 3.8) is 0 Å². The van der Waals surface area contributed by atoms with Crippen molar-refractivity contribution in [3.05, 3.63) is 101 Å². The molecule has 0 aliphatic carbocycles. The Morgan fingerprint density at radius 2 is 1.56 bits per heavy atom. The number of carbonyl (C=O) groups excluding carboxylic acids is 2. The molecule has 1 aliphatic rings. The molecule has 1 aliphatic heterocycles. The first-order chi connectivity index (χ1) is 15.4. The number of hydrogen-bond donors (Lipinski definition) is 1. The smallest absolute Gasteiger partial charge is 0.300 e. The lowest BCUT2D eigenvalue weighted by Gasteiger charge is -2.26. The van der Waals surface area contributed by atoms with Crippen LogP contribution in [-0.4, -0.2) is 23.4 Å². The third-order valence-electron chi connectivity index (χ3n) is 5.48. The second-order valence-corrected chi connectivity index (χ2v) is 7.88. The van der Waals surface area contributed by atoms with Gasteiger partial charge in [-0.1, -0.05) is 36.4 Å². The molecule has 1 amide bonds. The number of Topliss-reactive ketones (excluding diaryl/α,β-unsaturated/α-hetero) is 1. The van der Waals surface area contributed by atoms with E-state index in [2.05, 4.69) is 0 Å². The van der Waals surface area contributed by atoms with Gasteiger partial charge in [0.1, 0.15) is 11.5 Å². The SMILES string of the molecule is CCOc1ccc(/C(O)=C2\C(=O)C(=O)N(c3cc(C)cc(C)c3)C2c2ccccc2)cc1. The van der Waals surface area contributed by atoms with Gasteiger partial charge in [0.15, 0.2) is 0 Å². The second kappa shape index (κ2) is 8.71. The molecule has 0 aromatic heterocycles. The zero-order valence-electron chi connectivity index (χ0n) is 18.3. The van der Waals surface area contributed by atoms with Gasteiger partial charge in [-0.2, -0.15) is 0 Å². The molecular weight excluding hydrogens is 402 g/mol. The van der Waals surface area contributed by atoms with E-state index in [1.807, 2.05) is 69.3 Å². The van der Waals surface area contributed by atoms with E-state index < -0.39 is 17.7 Å². The van der Waals surface area contributed by atoms with Gasteiger partial charge in [-0.15, -0.1) is 0 Å². The number of ketones is 1. The van der Waals surface area contributed by atoms with Gasteiger partial charge in [0, 0.05) is 11.3 Å². The van der Waals surface area contributed by atoms with Gasteiger partial charge in [-0.05, 0) is 73.9 Å². The van der Waals surface area contributed by atoms with Gasteiger partial charge < -0.3 is 9.84 Å². The molecule has 5 nitrogen and oxygen atoms in total. The standard InChI is InChI=1S/C27H25NO4/c1-4-32-22-12-10-20(11-13-22)25(29)23-24(19-8-6-5-7-9-19)28(27(31)26(23)30)21-15-17(2)14-18(3)16-21/h5-16,24,29H,4H2,1-3H3/b25-23+. The monoisotopic (exact) mass is 427 g/mol. The minimum atomic E-state index is -0.732. The fourth-order valence-corrected chi connectivity index (χ4v) is 4.17. The number of amides is 1.